The maximum Gasteiger partial charge on any atom is 0.288 e. The van der Waals surface area contributed by atoms with E-state index < -0.39 is 24.0 Å². The van der Waals surface area contributed by atoms with Crippen LogP contribution in [0.15, 0.2) is 11.6 Å². The molecular weight excluding hydrogens is 564 g/mol. The molecule has 1 spiro atoms. The summed E-state index contributed by atoms with van der Waals surface area (Å²) >= 11 is 0. The van der Waals surface area contributed by atoms with Gasteiger partial charge in [-0.3, -0.25) is 0 Å². The Hall–Kier alpha value is -0.620. The molecule has 4 aliphatic carbocycles. The lowest BCUT2D eigenvalue weighted by atomic mass is 9.46. The Morgan fingerprint density at radius 2 is 1.82 bits per heavy atom. The van der Waals surface area contributed by atoms with Crippen molar-refractivity contribution in [2.45, 2.75) is 166 Å². The van der Waals surface area contributed by atoms with Crippen LogP contribution >= 0.6 is 0 Å². The van der Waals surface area contributed by atoms with Crippen LogP contribution in [0.25, 0.3) is 0 Å². The van der Waals surface area contributed by atoms with Gasteiger partial charge in [-0.05, 0) is 95.3 Å². The van der Waals surface area contributed by atoms with E-state index in [-0.39, 0.29) is 54.2 Å². The van der Waals surface area contributed by atoms with Crippen molar-refractivity contribution in [3.05, 3.63) is 11.6 Å². The highest BCUT2D eigenvalue weighted by atomic mass is 16.9. The minimum atomic E-state index is -1.22. The summed E-state index contributed by atoms with van der Waals surface area (Å²) in [5.74, 6) is 0.424. The SMILES string of the molecule is COC1CC(C)OC2(C1)OCOC1CC(OC(C)C3(O)CCC4C5CC=C6CC(O)CCC6(C)C5CCC43C)OC(C)C1O2. The first-order valence-corrected chi connectivity index (χ1v) is 17.4. The van der Waals surface area contributed by atoms with Crippen molar-refractivity contribution in [1.82, 2.24) is 0 Å². The Kier molecular flexibility index (Phi) is 8.36. The van der Waals surface area contributed by atoms with Gasteiger partial charge in [0, 0.05) is 25.4 Å². The Morgan fingerprint density at radius 3 is 2.61 bits per heavy atom. The Labute approximate surface area is 263 Å². The molecule has 0 aromatic heterocycles. The predicted molar refractivity (Wildman–Crippen MR) is 161 cm³/mol. The van der Waals surface area contributed by atoms with Gasteiger partial charge >= 0.3 is 0 Å². The fraction of sp³-hybridized carbons (Fsp3) is 0.943. The van der Waals surface area contributed by atoms with Gasteiger partial charge < -0.3 is 43.4 Å². The maximum absolute atomic E-state index is 12.5. The quantitative estimate of drug-likeness (QED) is 0.410. The molecule has 0 radical (unpaired) electrons. The van der Waals surface area contributed by atoms with Crippen LogP contribution in [-0.4, -0.2) is 84.7 Å². The first-order valence-electron chi connectivity index (χ1n) is 17.4. The second kappa shape index (κ2) is 11.5. The largest absolute Gasteiger partial charge is 0.393 e. The molecule has 2 N–H and O–H groups in total. The molecule has 0 bridgehead atoms. The Morgan fingerprint density at radius 1 is 1.02 bits per heavy atom. The molecule has 3 aliphatic heterocycles. The van der Waals surface area contributed by atoms with Crippen molar-refractivity contribution in [3.63, 3.8) is 0 Å². The highest BCUT2D eigenvalue weighted by Crippen LogP contribution is 2.68. The third-order valence-corrected chi connectivity index (χ3v) is 13.6. The third kappa shape index (κ3) is 5.07. The number of rotatable bonds is 4. The normalized spacial score (nSPS) is 54.8. The number of allylic oxidation sites excluding steroid dienone is 1. The molecular formula is C35H56O9. The molecule has 3 heterocycles. The number of hydrogen-bond donors (Lipinski definition) is 2. The summed E-state index contributed by atoms with van der Waals surface area (Å²) in [6.07, 6.45) is 9.77. The number of fused-ring (bicyclic) bond motifs is 6. The highest BCUT2D eigenvalue weighted by Gasteiger charge is 2.66. The summed E-state index contributed by atoms with van der Waals surface area (Å²) in [5, 5.41) is 22.9. The summed E-state index contributed by atoms with van der Waals surface area (Å²) in [7, 11) is 1.71. The van der Waals surface area contributed by atoms with Gasteiger partial charge in [0.05, 0.1) is 48.6 Å². The van der Waals surface area contributed by atoms with Crippen LogP contribution in [0.4, 0.5) is 0 Å². The summed E-state index contributed by atoms with van der Waals surface area (Å²) in [6.45, 7) is 10.9. The first-order chi connectivity index (χ1) is 20.9. The van der Waals surface area contributed by atoms with Gasteiger partial charge in [0.1, 0.15) is 6.10 Å². The van der Waals surface area contributed by atoms with Gasteiger partial charge in [0.15, 0.2) is 13.1 Å². The topological polar surface area (TPSA) is 105 Å². The monoisotopic (exact) mass is 620 g/mol. The van der Waals surface area contributed by atoms with Crippen LogP contribution < -0.4 is 0 Å². The Bertz CT molecular complexity index is 1100. The number of methoxy groups -OCH3 is 1. The minimum Gasteiger partial charge on any atom is -0.393 e. The molecule has 15 unspecified atom stereocenters. The molecule has 7 aliphatic rings. The van der Waals surface area contributed by atoms with E-state index in [9.17, 15) is 10.2 Å². The molecule has 9 nitrogen and oxygen atoms in total. The average Bonchev–Trinajstić information content (AvgIpc) is 3.14. The van der Waals surface area contributed by atoms with E-state index in [4.69, 9.17) is 33.2 Å². The van der Waals surface area contributed by atoms with E-state index in [2.05, 4.69) is 19.9 Å². The molecule has 250 valence electrons. The third-order valence-electron chi connectivity index (χ3n) is 13.6. The summed E-state index contributed by atoms with van der Waals surface area (Å²) in [4.78, 5) is 0. The summed E-state index contributed by atoms with van der Waals surface area (Å²) < 4.78 is 43.7. The van der Waals surface area contributed by atoms with Crippen molar-refractivity contribution in [1.29, 1.82) is 0 Å². The van der Waals surface area contributed by atoms with E-state index >= 15 is 0 Å². The molecule has 0 aromatic carbocycles. The van der Waals surface area contributed by atoms with Crippen LogP contribution in [0.5, 0.6) is 0 Å². The van der Waals surface area contributed by atoms with Gasteiger partial charge in [-0.25, -0.2) is 0 Å². The van der Waals surface area contributed by atoms with E-state index in [0.717, 1.165) is 57.8 Å². The zero-order valence-corrected chi connectivity index (χ0v) is 27.7. The molecule has 3 saturated heterocycles. The van der Waals surface area contributed by atoms with Crippen molar-refractivity contribution in [3.8, 4) is 0 Å². The van der Waals surface area contributed by atoms with Crippen LogP contribution in [0.3, 0.4) is 0 Å². The van der Waals surface area contributed by atoms with Crippen LogP contribution in [0.1, 0.15) is 105 Å². The second-order valence-corrected chi connectivity index (χ2v) is 15.8. The lowest BCUT2D eigenvalue weighted by Gasteiger charge is -2.59. The van der Waals surface area contributed by atoms with Crippen LogP contribution in [0.2, 0.25) is 0 Å². The lowest BCUT2D eigenvalue weighted by Crippen LogP contribution is -2.60. The smallest absolute Gasteiger partial charge is 0.288 e. The molecule has 3 saturated carbocycles. The van der Waals surface area contributed by atoms with E-state index in [1.807, 2.05) is 20.8 Å². The first kappa shape index (κ1) is 32.0. The Balaban J connectivity index is 1.03. The molecule has 6 fully saturated rings. The van der Waals surface area contributed by atoms with Gasteiger partial charge in [-0.15, -0.1) is 0 Å². The van der Waals surface area contributed by atoms with Crippen molar-refractivity contribution < 1.29 is 43.4 Å². The van der Waals surface area contributed by atoms with Crippen LogP contribution in [0, 0.1) is 28.6 Å². The molecule has 9 heteroatoms. The van der Waals surface area contributed by atoms with E-state index in [1.54, 1.807) is 7.11 Å². The van der Waals surface area contributed by atoms with Gasteiger partial charge in [-0.2, -0.15) is 0 Å². The molecule has 44 heavy (non-hydrogen) atoms. The van der Waals surface area contributed by atoms with Gasteiger partial charge in [0.25, 0.3) is 5.97 Å². The number of aliphatic hydroxyl groups is 2. The predicted octanol–water partition coefficient (Wildman–Crippen LogP) is 5.21. The summed E-state index contributed by atoms with van der Waals surface area (Å²) in [6, 6.07) is 0. The zero-order chi connectivity index (χ0) is 31.1. The number of aliphatic hydroxyl groups excluding tert-OH is 1. The fourth-order valence-corrected chi connectivity index (χ4v) is 11.1. The van der Waals surface area contributed by atoms with Crippen molar-refractivity contribution in [2.24, 2.45) is 28.6 Å². The average molecular weight is 621 g/mol. The standard InChI is InChI=1S/C35H56O9/c1-20-15-25(38-6)18-35(43-20)40-19-39-29-17-30(41-21(2)31(29)44-35)42-22(3)34(37)14-11-28-26-8-7-23-16-24(36)9-12-32(23,4)27(26)10-13-33(28,34)5/h7,20-22,24-31,36-37H,8-19H2,1-6H3. The van der Waals surface area contributed by atoms with Crippen molar-refractivity contribution in [2.75, 3.05) is 13.9 Å². The fourth-order valence-electron chi connectivity index (χ4n) is 11.1. The maximum atomic E-state index is 12.5. The second-order valence-electron chi connectivity index (χ2n) is 15.8. The summed E-state index contributed by atoms with van der Waals surface area (Å²) in [5.41, 5.74) is 0.511. The minimum absolute atomic E-state index is 0.0235. The lowest BCUT2D eigenvalue weighted by molar-refractivity contribution is -0.431. The number of hydrogen-bond acceptors (Lipinski definition) is 9. The van der Waals surface area contributed by atoms with Gasteiger partial charge in [-0.1, -0.05) is 25.5 Å². The van der Waals surface area contributed by atoms with E-state index in [0.29, 0.717) is 30.6 Å². The zero-order valence-electron chi connectivity index (χ0n) is 27.7. The molecule has 15 atom stereocenters. The number of ether oxygens (including phenoxy) is 7. The van der Waals surface area contributed by atoms with Crippen LogP contribution in [-0.2, 0) is 33.2 Å². The van der Waals surface area contributed by atoms with E-state index in [1.165, 1.54) is 5.57 Å². The van der Waals surface area contributed by atoms with Gasteiger partial charge in [0.2, 0.25) is 0 Å². The van der Waals surface area contributed by atoms with Crippen molar-refractivity contribution >= 4 is 0 Å². The molecule has 0 amide bonds. The molecule has 7 rings (SSSR count). The highest BCUT2D eigenvalue weighted by molar-refractivity contribution is 5.26. The molecule has 0 aromatic rings.